The van der Waals surface area contributed by atoms with Crippen molar-refractivity contribution in [1.82, 2.24) is 14.9 Å². The molecule has 1 amide bonds. The van der Waals surface area contributed by atoms with Gasteiger partial charge in [0.15, 0.2) is 0 Å². The van der Waals surface area contributed by atoms with Crippen molar-refractivity contribution in [2.24, 2.45) is 0 Å². The number of thiocarbonyl (C=S) groups is 1. The normalized spacial score (nSPS) is 15.8. The molecule has 2 heterocycles. The molecule has 1 saturated heterocycles. The van der Waals surface area contributed by atoms with Gasteiger partial charge in [0.2, 0.25) is 11.1 Å². The van der Waals surface area contributed by atoms with E-state index in [0.717, 1.165) is 18.2 Å². The van der Waals surface area contributed by atoms with Gasteiger partial charge in [-0.15, -0.1) is 0 Å². The fourth-order valence-electron chi connectivity index (χ4n) is 2.25. The van der Waals surface area contributed by atoms with Crippen LogP contribution < -0.4 is 4.74 Å². The van der Waals surface area contributed by atoms with E-state index in [1.165, 1.54) is 11.8 Å². The molecule has 0 atom stereocenters. The number of nitrogens with zero attached hydrogens (tertiary/aromatic N) is 3. The Morgan fingerprint density at radius 2 is 2.27 bits per heavy atom. The van der Waals surface area contributed by atoms with Gasteiger partial charge in [0.05, 0.1) is 11.1 Å². The Morgan fingerprint density at radius 1 is 1.46 bits per heavy atom. The van der Waals surface area contributed by atoms with Crippen LogP contribution in [0, 0.1) is 5.82 Å². The highest BCUT2D eigenvalue weighted by atomic mass is 35.5. The lowest BCUT2D eigenvalue weighted by atomic mass is 10.2. The number of carbonyl (C=O) groups excluding carboxylic acids is 1. The van der Waals surface area contributed by atoms with Crippen LogP contribution in [0.1, 0.15) is 18.9 Å². The molecule has 134 valence electrons. The van der Waals surface area contributed by atoms with E-state index in [1.54, 1.807) is 29.2 Å². The van der Waals surface area contributed by atoms with Gasteiger partial charge < -0.3 is 4.74 Å². The molecule has 0 aliphatic carbocycles. The third-order valence-corrected chi connectivity index (χ3v) is 4.93. The van der Waals surface area contributed by atoms with E-state index in [-0.39, 0.29) is 17.1 Å². The summed E-state index contributed by atoms with van der Waals surface area (Å²) in [6.07, 6.45) is 3.49. The van der Waals surface area contributed by atoms with E-state index in [2.05, 4.69) is 9.97 Å². The number of hydrogen-bond donors (Lipinski definition) is 0. The van der Waals surface area contributed by atoms with E-state index >= 15 is 0 Å². The first-order valence-corrected chi connectivity index (χ1v) is 9.29. The highest BCUT2D eigenvalue weighted by Crippen LogP contribution is 2.33. The summed E-state index contributed by atoms with van der Waals surface area (Å²) < 4.78 is 19.7. The highest BCUT2D eigenvalue weighted by Gasteiger charge is 2.31. The van der Waals surface area contributed by atoms with Crippen LogP contribution in [0.4, 0.5) is 4.39 Å². The maximum Gasteiger partial charge on any atom is 0.266 e. The second-order valence-corrected chi connectivity index (χ2v) is 7.31. The van der Waals surface area contributed by atoms with E-state index in [9.17, 15) is 9.18 Å². The van der Waals surface area contributed by atoms with E-state index < -0.39 is 5.82 Å². The second kappa shape index (κ2) is 8.11. The Bertz CT molecular complexity index is 907. The zero-order chi connectivity index (χ0) is 18.7. The monoisotopic (exact) mass is 409 g/mol. The van der Waals surface area contributed by atoms with E-state index in [1.807, 2.05) is 13.0 Å². The number of thioether (sulfide) groups is 1. The molecule has 1 aromatic heterocycles. The minimum Gasteiger partial charge on any atom is -0.436 e. The molecule has 2 aromatic rings. The van der Waals surface area contributed by atoms with Crippen molar-refractivity contribution < 1.29 is 13.9 Å². The number of hydrogen-bond acceptors (Lipinski definition) is 6. The topological polar surface area (TPSA) is 55.3 Å². The predicted octanol–water partition coefficient (Wildman–Crippen LogP) is 4.67. The molecule has 0 saturated carbocycles. The SMILES string of the molecule is CCCN1C(=O)/C(=C/c2cccc(Oc3nc(Cl)ncc3F)c2)SC1=S. The fourth-order valence-corrected chi connectivity index (χ4v) is 3.68. The van der Waals surface area contributed by atoms with Crippen molar-refractivity contribution in [2.45, 2.75) is 13.3 Å². The van der Waals surface area contributed by atoms with Crippen molar-refractivity contribution in [3.63, 3.8) is 0 Å². The first-order chi connectivity index (χ1) is 12.5. The van der Waals surface area contributed by atoms with E-state index in [0.29, 0.717) is 21.5 Å². The van der Waals surface area contributed by atoms with Gasteiger partial charge in [-0.3, -0.25) is 9.69 Å². The molecule has 0 radical (unpaired) electrons. The lowest BCUT2D eigenvalue weighted by molar-refractivity contribution is -0.122. The molecule has 0 spiro atoms. The minimum atomic E-state index is -0.722. The number of carbonyl (C=O) groups is 1. The van der Waals surface area contributed by atoms with Gasteiger partial charge in [0.1, 0.15) is 10.1 Å². The summed E-state index contributed by atoms with van der Waals surface area (Å²) in [6, 6.07) is 6.86. The van der Waals surface area contributed by atoms with Gasteiger partial charge in [-0.05, 0) is 41.8 Å². The van der Waals surface area contributed by atoms with Crippen molar-refractivity contribution in [3.8, 4) is 11.6 Å². The van der Waals surface area contributed by atoms with Crippen LogP contribution in [-0.2, 0) is 4.79 Å². The predicted molar refractivity (Wildman–Crippen MR) is 104 cm³/mol. The zero-order valence-electron chi connectivity index (χ0n) is 13.6. The van der Waals surface area contributed by atoms with Crippen LogP contribution in [-0.4, -0.2) is 31.6 Å². The molecule has 26 heavy (non-hydrogen) atoms. The van der Waals surface area contributed by atoms with Crippen molar-refractivity contribution in [2.75, 3.05) is 6.54 Å². The summed E-state index contributed by atoms with van der Waals surface area (Å²) in [5, 5.41) is -0.114. The molecule has 0 unspecified atom stereocenters. The highest BCUT2D eigenvalue weighted by molar-refractivity contribution is 8.26. The van der Waals surface area contributed by atoms with Gasteiger partial charge in [-0.2, -0.15) is 9.37 Å². The van der Waals surface area contributed by atoms with E-state index in [4.69, 9.17) is 28.6 Å². The average molecular weight is 410 g/mol. The first kappa shape index (κ1) is 18.8. The minimum absolute atomic E-state index is 0.109. The van der Waals surface area contributed by atoms with Gasteiger partial charge in [-0.1, -0.05) is 43.0 Å². The summed E-state index contributed by atoms with van der Waals surface area (Å²) in [5.41, 5.74) is 0.722. The summed E-state index contributed by atoms with van der Waals surface area (Å²) >= 11 is 12.2. The molecule has 0 bridgehead atoms. The summed E-state index contributed by atoms with van der Waals surface area (Å²) in [6.45, 7) is 2.58. The van der Waals surface area contributed by atoms with Crippen LogP contribution >= 0.6 is 35.6 Å². The Hall–Kier alpha value is -2.03. The van der Waals surface area contributed by atoms with Crippen molar-refractivity contribution >= 4 is 51.9 Å². The Labute approximate surface area is 164 Å². The van der Waals surface area contributed by atoms with Crippen LogP contribution in [0.15, 0.2) is 35.4 Å². The molecular weight excluding hydrogens is 397 g/mol. The number of rotatable bonds is 5. The third kappa shape index (κ3) is 4.20. The maximum atomic E-state index is 13.7. The Kier molecular flexibility index (Phi) is 5.85. The second-order valence-electron chi connectivity index (χ2n) is 5.30. The summed E-state index contributed by atoms with van der Waals surface area (Å²) in [4.78, 5) is 21.8. The standard InChI is InChI=1S/C17H13ClFN3O2S2/c1-2-6-22-15(23)13(26-17(22)25)8-10-4-3-5-11(7-10)24-14-12(19)9-20-16(18)21-14/h3-5,7-9H,2,6H2,1H3/b13-8-. The number of amides is 1. The van der Waals surface area contributed by atoms with Crippen LogP contribution in [0.25, 0.3) is 6.08 Å². The number of ether oxygens (including phenoxy) is 1. The molecule has 1 aromatic carbocycles. The average Bonchev–Trinajstić information content (AvgIpc) is 2.86. The number of benzene rings is 1. The van der Waals surface area contributed by atoms with Gasteiger partial charge in [0.25, 0.3) is 11.8 Å². The van der Waals surface area contributed by atoms with Gasteiger partial charge in [-0.25, -0.2) is 4.98 Å². The third-order valence-electron chi connectivity index (χ3n) is 3.37. The molecule has 9 heteroatoms. The molecular formula is C17H13ClFN3O2S2. The van der Waals surface area contributed by atoms with Crippen LogP contribution in [0.3, 0.4) is 0 Å². The number of halogens is 2. The smallest absolute Gasteiger partial charge is 0.266 e. The molecule has 0 N–H and O–H groups in total. The Balaban J connectivity index is 1.83. The lowest BCUT2D eigenvalue weighted by Gasteiger charge is -2.11. The van der Waals surface area contributed by atoms with Gasteiger partial charge >= 0.3 is 0 Å². The summed E-state index contributed by atoms with van der Waals surface area (Å²) in [7, 11) is 0. The van der Waals surface area contributed by atoms with Crippen molar-refractivity contribution in [3.05, 3.63) is 52.0 Å². The number of aromatic nitrogens is 2. The molecule has 3 rings (SSSR count). The lowest BCUT2D eigenvalue weighted by Crippen LogP contribution is -2.28. The van der Waals surface area contributed by atoms with Crippen LogP contribution in [0.2, 0.25) is 5.28 Å². The van der Waals surface area contributed by atoms with Crippen molar-refractivity contribution in [1.29, 1.82) is 0 Å². The zero-order valence-corrected chi connectivity index (χ0v) is 16.0. The molecule has 1 aliphatic rings. The fraction of sp³-hybridized carbons (Fsp3) is 0.176. The Morgan fingerprint density at radius 3 is 3.04 bits per heavy atom. The van der Waals surface area contributed by atoms with Crippen LogP contribution in [0.5, 0.6) is 11.6 Å². The summed E-state index contributed by atoms with van der Waals surface area (Å²) in [5.74, 6) is -0.741. The molecule has 1 aliphatic heterocycles. The molecule has 5 nitrogen and oxygen atoms in total. The first-order valence-electron chi connectivity index (χ1n) is 7.69. The van der Waals surface area contributed by atoms with Gasteiger partial charge in [0, 0.05) is 6.54 Å². The maximum absolute atomic E-state index is 13.7. The quantitative estimate of drug-likeness (QED) is 0.406. The molecule has 1 fully saturated rings. The largest absolute Gasteiger partial charge is 0.436 e.